The summed E-state index contributed by atoms with van der Waals surface area (Å²) in [7, 11) is 0. The van der Waals surface area contributed by atoms with Crippen molar-refractivity contribution in [3.8, 4) is 0 Å². The summed E-state index contributed by atoms with van der Waals surface area (Å²) < 4.78 is 0. The number of hydrogen-bond donors (Lipinski definition) is 1. The van der Waals surface area contributed by atoms with Crippen molar-refractivity contribution < 1.29 is 0 Å². The molecule has 0 fully saturated rings. The van der Waals surface area contributed by atoms with Crippen LogP contribution >= 0.6 is 0 Å². The number of rotatable bonds is 5. The van der Waals surface area contributed by atoms with Crippen LogP contribution in [-0.4, -0.2) is 15.0 Å². The number of H-pyrrole nitrogens is 1. The summed E-state index contributed by atoms with van der Waals surface area (Å²) in [5.41, 5.74) is 2.94. The molecule has 1 unspecified atom stereocenters. The summed E-state index contributed by atoms with van der Waals surface area (Å²) in [5, 5.41) is 0. The van der Waals surface area contributed by atoms with Gasteiger partial charge in [0, 0.05) is 11.6 Å². The molecule has 0 aliphatic heterocycles. The zero-order chi connectivity index (χ0) is 12.3. The lowest BCUT2D eigenvalue weighted by Gasteiger charge is -2.10. The fraction of sp³-hybridized carbons (Fsp3) is 0.571. The minimum absolute atomic E-state index is 0.546. The number of pyridine rings is 1. The summed E-state index contributed by atoms with van der Waals surface area (Å²) in [6.45, 7) is 6.46. The molecule has 0 amide bonds. The lowest BCUT2D eigenvalue weighted by molar-refractivity contribution is 0.549. The fourth-order valence-electron chi connectivity index (χ4n) is 2.18. The first-order valence-electron chi connectivity index (χ1n) is 6.57. The van der Waals surface area contributed by atoms with Gasteiger partial charge in [-0.3, -0.25) is 0 Å². The van der Waals surface area contributed by atoms with E-state index >= 15 is 0 Å². The summed E-state index contributed by atoms with van der Waals surface area (Å²) in [4.78, 5) is 12.5. The second kappa shape index (κ2) is 5.30. The van der Waals surface area contributed by atoms with Gasteiger partial charge in [-0.2, -0.15) is 0 Å². The maximum atomic E-state index is 4.63. The smallest absolute Gasteiger partial charge is 0.177 e. The Bertz CT molecular complexity index is 487. The molecule has 0 spiro atoms. The Hall–Kier alpha value is -1.38. The van der Waals surface area contributed by atoms with Gasteiger partial charge in [-0.25, -0.2) is 9.97 Å². The van der Waals surface area contributed by atoms with Crippen LogP contribution in [0, 0.1) is 6.92 Å². The van der Waals surface area contributed by atoms with Gasteiger partial charge in [0.05, 0.1) is 5.52 Å². The first-order chi connectivity index (χ1) is 8.24. The Labute approximate surface area is 103 Å². The van der Waals surface area contributed by atoms with E-state index in [-0.39, 0.29) is 0 Å². The topological polar surface area (TPSA) is 41.6 Å². The molecule has 2 heterocycles. The summed E-state index contributed by atoms with van der Waals surface area (Å²) in [6.07, 6.45) is 4.86. The van der Waals surface area contributed by atoms with Crippen molar-refractivity contribution in [3.05, 3.63) is 23.7 Å². The molecule has 92 valence electrons. The third kappa shape index (κ3) is 2.65. The summed E-state index contributed by atoms with van der Waals surface area (Å²) in [5.74, 6) is 1.65. The minimum Gasteiger partial charge on any atom is -0.340 e. The SMILES string of the molecule is CCCCC(CC)c1nc2nc(C)ccc2[nH]1. The first kappa shape index (κ1) is 12.1. The number of nitrogens with zero attached hydrogens (tertiary/aromatic N) is 2. The highest BCUT2D eigenvalue weighted by Gasteiger charge is 2.13. The molecule has 3 heteroatoms. The van der Waals surface area contributed by atoms with Gasteiger partial charge in [-0.05, 0) is 31.9 Å². The van der Waals surface area contributed by atoms with E-state index in [2.05, 4.69) is 34.9 Å². The van der Waals surface area contributed by atoms with Crippen LogP contribution < -0.4 is 0 Å². The van der Waals surface area contributed by atoms with E-state index in [1.807, 2.05) is 13.0 Å². The monoisotopic (exact) mass is 231 g/mol. The molecule has 2 aromatic heterocycles. The van der Waals surface area contributed by atoms with Crippen LogP contribution in [0.15, 0.2) is 12.1 Å². The average Bonchev–Trinajstić information content (AvgIpc) is 2.72. The zero-order valence-electron chi connectivity index (χ0n) is 11.0. The van der Waals surface area contributed by atoms with Crippen molar-refractivity contribution in [1.29, 1.82) is 0 Å². The second-order valence-corrected chi connectivity index (χ2v) is 4.69. The van der Waals surface area contributed by atoms with Crippen LogP contribution in [0.1, 0.15) is 57.0 Å². The van der Waals surface area contributed by atoms with Gasteiger partial charge in [0.25, 0.3) is 0 Å². The number of fused-ring (bicyclic) bond motifs is 1. The van der Waals surface area contributed by atoms with Crippen molar-refractivity contribution in [1.82, 2.24) is 15.0 Å². The number of aromatic nitrogens is 3. The Morgan fingerprint density at radius 2 is 2.06 bits per heavy atom. The molecular formula is C14H21N3. The largest absolute Gasteiger partial charge is 0.340 e. The van der Waals surface area contributed by atoms with Gasteiger partial charge in [0.2, 0.25) is 0 Å². The van der Waals surface area contributed by atoms with E-state index in [9.17, 15) is 0 Å². The maximum Gasteiger partial charge on any atom is 0.177 e. The number of nitrogens with one attached hydrogen (secondary N) is 1. The third-order valence-corrected chi connectivity index (χ3v) is 3.29. The average molecular weight is 231 g/mol. The van der Waals surface area contributed by atoms with Crippen LogP contribution in [0.5, 0.6) is 0 Å². The molecule has 0 aromatic carbocycles. The van der Waals surface area contributed by atoms with Gasteiger partial charge < -0.3 is 4.98 Å². The van der Waals surface area contributed by atoms with E-state index in [1.165, 1.54) is 19.3 Å². The van der Waals surface area contributed by atoms with Crippen LogP contribution in [0.4, 0.5) is 0 Å². The number of imidazole rings is 1. The normalized spacial score (nSPS) is 13.1. The molecule has 0 radical (unpaired) electrons. The third-order valence-electron chi connectivity index (χ3n) is 3.29. The molecule has 2 rings (SSSR count). The van der Waals surface area contributed by atoms with Crippen LogP contribution in [-0.2, 0) is 0 Å². The Morgan fingerprint density at radius 3 is 2.76 bits per heavy atom. The second-order valence-electron chi connectivity index (χ2n) is 4.69. The Balaban J connectivity index is 2.27. The molecule has 1 atom stereocenters. The lowest BCUT2D eigenvalue weighted by Crippen LogP contribution is -1.99. The molecule has 3 nitrogen and oxygen atoms in total. The van der Waals surface area contributed by atoms with E-state index in [1.54, 1.807) is 0 Å². The molecule has 0 aliphatic carbocycles. The van der Waals surface area contributed by atoms with Crippen LogP contribution in [0.25, 0.3) is 11.2 Å². The van der Waals surface area contributed by atoms with Crippen molar-refractivity contribution in [2.24, 2.45) is 0 Å². The van der Waals surface area contributed by atoms with E-state index in [4.69, 9.17) is 0 Å². The standard InChI is InChI=1S/C14H21N3/c1-4-6-7-11(5-2)13-16-12-9-8-10(3)15-14(12)17-13/h8-9,11H,4-7H2,1-3H3,(H,15,16,17). The molecule has 2 aromatic rings. The molecule has 17 heavy (non-hydrogen) atoms. The lowest BCUT2D eigenvalue weighted by atomic mass is 9.99. The van der Waals surface area contributed by atoms with Gasteiger partial charge in [0.1, 0.15) is 5.82 Å². The summed E-state index contributed by atoms with van der Waals surface area (Å²) >= 11 is 0. The minimum atomic E-state index is 0.546. The molecule has 0 saturated carbocycles. The highest BCUT2D eigenvalue weighted by atomic mass is 15.0. The van der Waals surface area contributed by atoms with Gasteiger partial charge in [-0.15, -0.1) is 0 Å². The van der Waals surface area contributed by atoms with Crippen molar-refractivity contribution in [2.75, 3.05) is 0 Å². The fourth-order valence-corrected chi connectivity index (χ4v) is 2.18. The van der Waals surface area contributed by atoms with Crippen molar-refractivity contribution in [3.63, 3.8) is 0 Å². The highest BCUT2D eigenvalue weighted by molar-refractivity contribution is 5.70. The predicted molar refractivity (Wildman–Crippen MR) is 71.2 cm³/mol. The Kier molecular flexibility index (Phi) is 3.77. The predicted octanol–water partition coefficient (Wildman–Crippen LogP) is 3.95. The molecule has 0 aliphatic rings. The summed E-state index contributed by atoms with van der Waals surface area (Å²) in [6, 6.07) is 4.10. The highest BCUT2D eigenvalue weighted by Crippen LogP contribution is 2.24. The molecule has 1 N–H and O–H groups in total. The van der Waals surface area contributed by atoms with Crippen molar-refractivity contribution in [2.45, 2.75) is 52.4 Å². The Morgan fingerprint density at radius 1 is 1.24 bits per heavy atom. The van der Waals surface area contributed by atoms with Crippen LogP contribution in [0.3, 0.4) is 0 Å². The van der Waals surface area contributed by atoms with Crippen LogP contribution in [0.2, 0.25) is 0 Å². The number of aromatic amines is 1. The van der Waals surface area contributed by atoms with Gasteiger partial charge in [0.15, 0.2) is 5.65 Å². The number of aryl methyl sites for hydroxylation is 1. The van der Waals surface area contributed by atoms with Gasteiger partial charge >= 0.3 is 0 Å². The van der Waals surface area contributed by atoms with E-state index < -0.39 is 0 Å². The van der Waals surface area contributed by atoms with Gasteiger partial charge in [-0.1, -0.05) is 26.7 Å². The number of unbranched alkanes of at least 4 members (excludes halogenated alkanes) is 1. The van der Waals surface area contributed by atoms with E-state index in [0.717, 1.165) is 29.1 Å². The molecular weight excluding hydrogens is 210 g/mol. The van der Waals surface area contributed by atoms with Crippen molar-refractivity contribution >= 4 is 11.2 Å². The molecule has 0 saturated heterocycles. The number of hydrogen-bond acceptors (Lipinski definition) is 2. The zero-order valence-corrected chi connectivity index (χ0v) is 11.0. The quantitative estimate of drug-likeness (QED) is 0.846. The van der Waals surface area contributed by atoms with E-state index in [0.29, 0.717) is 5.92 Å². The molecule has 0 bridgehead atoms. The first-order valence-corrected chi connectivity index (χ1v) is 6.57. The maximum absolute atomic E-state index is 4.63.